The zero-order valence-electron chi connectivity index (χ0n) is 14.8. The minimum atomic E-state index is -3.55. The number of rotatable bonds is 4. The lowest BCUT2D eigenvalue weighted by Gasteiger charge is -2.26. The fraction of sp³-hybridized carbons (Fsp3) is 0.444. The second kappa shape index (κ2) is 7.41. The van der Waals surface area contributed by atoms with E-state index < -0.39 is 10.0 Å². The van der Waals surface area contributed by atoms with Gasteiger partial charge in [-0.05, 0) is 43.5 Å². The van der Waals surface area contributed by atoms with Crippen molar-refractivity contribution in [2.45, 2.75) is 30.6 Å². The minimum Gasteiger partial charge on any atom is -0.379 e. The summed E-state index contributed by atoms with van der Waals surface area (Å²) in [4.78, 5) is 12.7. The highest BCUT2D eigenvalue weighted by atomic mass is 32.2. The van der Waals surface area contributed by atoms with Gasteiger partial charge in [0.15, 0.2) is 5.69 Å². The Kier molecular flexibility index (Phi) is 4.98. The molecular weight excluding hydrogens is 370 g/mol. The number of fused-ring (bicyclic) bond motifs is 1. The number of amides is 1. The molecule has 1 aliphatic carbocycles. The molecule has 2 aromatic rings. The zero-order valence-corrected chi connectivity index (χ0v) is 15.6. The predicted molar refractivity (Wildman–Crippen MR) is 97.1 cm³/mol. The number of morpholine rings is 1. The van der Waals surface area contributed by atoms with Crippen molar-refractivity contribution >= 4 is 21.6 Å². The van der Waals surface area contributed by atoms with Crippen LogP contribution in [0.5, 0.6) is 0 Å². The largest absolute Gasteiger partial charge is 0.379 e. The first kappa shape index (κ1) is 18.1. The summed E-state index contributed by atoms with van der Waals surface area (Å²) < 4.78 is 37.1. The van der Waals surface area contributed by atoms with Gasteiger partial charge >= 0.3 is 0 Å². The fourth-order valence-electron chi connectivity index (χ4n) is 3.40. The van der Waals surface area contributed by atoms with E-state index in [9.17, 15) is 13.2 Å². The number of benzene rings is 1. The molecule has 2 aliphatic rings. The monoisotopic (exact) mass is 391 g/mol. The van der Waals surface area contributed by atoms with Crippen molar-refractivity contribution in [3.8, 4) is 0 Å². The number of hydrogen-bond donors (Lipinski definition) is 1. The van der Waals surface area contributed by atoms with Crippen molar-refractivity contribution in [2.24, 2.45) is 0 Å². The van der Waals surface area contributed by atoms with Crippen LogP contribution in [0.3, 0.4) is 0 Å². The Morgan fingerprint density at radius 3 is 2.52 bits per heavy atom. The van der Waals surface area contributed by atoms with Gasteiger partial charge in [0, 0.05) is 30.8 Å². The van der Waals surface area contributed by atoms with Gasteiger partial charge in [0.1, 0.15) is 5.76 Å². The number of nitrogens with zero attached hydrogens (tertiary/aromatic N) is 2. The number of nitrogens with one attached hydrogen (secondary N) is 1. The van der Waals surface area contributed by atoms with Gasteiger partial charge in [0.05, 0.1) is 18.1 Å². The molecule has 0 radical (unpaired) electrons. The standard InChI is InChI=1S/C18H21N3O5S/c22-18(17-15-3-1-2-4-16(15)26-20-17)19-13-5-7-14(8-6-13)27(23,24)21-9-11-25-12-10-21/h5-8H,1-4,9-12H2,(H,19,22). The van der Waals surface area contributed by atoms with Crippen molar-refractivity contribution in [2.75, 3.05) is 31.6 Å². The maximum Gasteiger partial charge on any atom is 0.278 e. The van der Waals surface area contributed by atoms with Crippen molar-refractivity contribution in [3.05, 3.63) is 41.3 Å². The molecule has 1 aromatic carbocycles. The van der Waals surface area contributed by atoms with E-state index in [1.54, 1.807) is 12.1 Å². The van der Waals surface area contributed by atoms with E-state index in [-0.39, 0.29) is 10.8 Å². The van der Waals surface area contributed by atoms with Gasteiger partial charge in [-0.15, -0.1) is 0 Å². The van der Waals surface area contributed by atoms with Gasteiger partial charge in [-0.25, -0.2) is 8.42 Å². The molecule has 0 unspecified atom stereocenters. The number of carbonyl (C=O) groups is 1. The summed E-state index contributed by atoms with van der Waals surface area (Å²) in [6, 6.07) is 6.16. The van der Waals surface area contributed by atoms with Gasteiger partial charge in [-0.3, -0.25) is 4.79 Å². The number of carbonyl (C=O) groups excluding carboxylic acids is 1. The smallest absolute Gasteiger partial charge is 0.278 e. The highest BCUT2D eigenvalue weighted by molar-refractivity contribution is 7.89. The molecule has 27 heavy (non-hydrogen) atoms. The van der Waals surface area contributed by atoms with Gasteiger partial charge in [0.2, 0.25) is 10.0 Å². The first-order valence-electron chi connectivity index (χ1n) is 9.02. The Morgan fingerprint density at radius 1 is 1.07 bits per heavy atom. The minimum absolute atomic E-state index is 0.196. The fourth-order valence-corrected chi connectivity index (χ4v) is 4.81. The van der Waals surface area contributed by atoms with E-state index in [1.165, 1.54) is 16.4 Å². The van der Waals surface area contributed by atoms with E-state index in [0.717, 1.165) is 37.0 Å². The summed E-state index contributed by atoms with van der Waals surface area (Å²) in [5, 5.41) is 6.67. The summed E-state index contributed by atoms with van der Waals surface area (Å²) in [7, 11) is -3.55. The maximum absolute atomic E-state index is 12.6. The third kappa shape index (κ3) is 3.62. The molecule has 1 fully saturated rings. The molecule has 1 aliphatic heterocycles. The number of aromatic nitrogens is 1. The quantitative estimate of drug-likeness (QED) is 0.853. The number of sulfonamides is 1. The number of ether oxygens (including phenoxy) is 1. The lowest BCUT2D eigenvalue weighted by atomic mass is 9.96. The van der Waals surface area contributed by atoms with Crippen LogP contribution < -0.4 is 5.32 Å². The molecule has 0 spiro atoms. The lowest BCUT2D eigenvalue weighted by Crippen LogP contribution is -2.40. The van der Waals surface area contributed by atoms with E-state index in [4.69, 9.17) is 9.26 Å². The lowest BCUT2D eigenvalue weighted by molar-refractivity contribution is 0.0730. The van der Waals surface area contributed by atoms with E-state index in [1.807, 2.05) is 0 Å². The van der Waals surface area contributed by atoms with E-state index >= 15 is 0 Å². The van der Waals surface area contributed by atoms with Gasteiger partial charge in [-0.1, -0.05) is 5.16 Å². The van der Waals surface area contributed by atoms with Gasteiger partial charge in [-0.2, -0.15) is 4.31 Å². The molecule has 0 bridgehead atoms. The summed E-state index contributed by atoms with van der Waals surface area (Å²) >= 11 is 0. The van der Waals surface area contributed by atoms with Crippen LogP contribution in [0.25, 0.3) is 0 Å². The van der Waals surface area contributed by atoms with E-state index in [2.05, 4.69) is 10.5 Å². The first-order chi connectivity index (χ1) is 13.1. The third-order valence-corrected chi connectivity index (χ3v) is 6.80. The Bertz CT molecular complexity index is 930. The normalized spacial score (nSPS) is 18.1. The number of hydrogen-bond acceptors (Lipinski definition) is 6. The van der Waals surface area contributed by atoms with Crippen LogP contribution in [0.1, 0.15) is 34.7 Å². The van der Waals surface area contributed by atoms with Crippen molar-refractivity contribution in [1.82, 2.24) is 9.46 Å². The molecule has 8 nitrogen and oxygen atoms in total. The summed E-state index contributed by atoms with van der Waals surface area (Å²) in [5.41, 5.74) is 1.70. The van der Waals surface area contributed by atoms with Gasteiger partial charge in [0.25, 0.3) is 5.91 Å². The molecule has 1 saturated heterocycles. The predicted octanol–water partition coefficient (Wildman–Crippen LogP) is 1.83. The molecule has 1 N–H and O–H groups in total. The van der Waals surface area contributed by atoms with Crippen LogP contribution in [0.4, 0.5) is 5.69 Å². The molecule has 144 valence electrons. The molecule has 1 aromatic heterocycles. The van der Waals surface area contributed by atoms with Crippen molar-refractivity contribution in [1.29, 1.82) is 0 Å². The third-order valence-electron chi connectivity index (χ3n) is 4.89. The molecule has 2 heterocycles. The van der Waals surface area contributed by atoms with Crippen LogP contribution in [0.15, 0.2) is 33.7 Å². The van der Waals surface area contributed by atoms with Crippen LogP contribution in [0.2, 0.25) is 0 Å². The summed E-state index contributed by atoms with van der Waals surface area (Å²) in [5.74, 6) is 0.448. The number of anilines is 1. The average Bonchev–Trinajstić information content (AvgIpc) is 3.13. The van der Waals surface area contributed by atoms with Crippen molar-refractivity contribution < 1.29 is 22.5 Å². The Labute approximate surface area is 157 Å². The average molecular weight is 391 g/mol. The maximum atomic E-state index is 12.6. The second-order valence-corrected chi connectivity index (χ2v) is 8.57. The topological polar surface area (TPSA) is 102 Å². The number of aryl methyl sites for hydroxylation is 1. The molecule has 1 amide bonds. The molecule has 9 heteroatoms. The van der Waals surface area contributed by atoms with E-state index in [0.29, 0.717) is 37.7 Å². The van der Waals surface area contributed by atoms with Crippen LogP contribution in [0, 0.1) is 0 Å². The zero-order chi connectivity index (χ0) is 18.9. The van der Waals surface area contributed by atoms with Crippen LogP contribution >= 0.6 is 0 Å². The molecular formula is C18H21N3O5S. The van der Waals surface area contributed by atoms with Crippen LogP contribution in [-0.4, -0.2) is 50.1 Å². The Morgan fingerprint density at radius 2 is 1.78 bits per heavy atom. The van der Waals surface area contributed by atoms with Gasteiger partial charge < -0.3 is 14.6 Å². The molecule has 4 rings (SSSR count). The van der Waals surface area contributed by atoms with Crippen LogP contribution in [-0.2, 0) is 27.6 Å². The highest BCUT2D eigenvalue weighted by Gasteiger charge is 2.27. The highest BCUT2D eigenvalue weighted by Crippen LogP contribution is 2.25. The Hall–Kier alpha value is -2.23. The van der Waals surface area contributed by atoms with Crippen molar-refractivity contribution in [3.63, 3.8) is 0 Å². The molecule has 0 saturated carbocycles. The second-order valence-electron chi connectivity index (χ2n) is 6.63. The summed E-state index contributed by atoms with van der Waals surface area (Å²) in [6.07, 6.45) is 3.66. The summed E-state index contributed by atoms with van der Waals surface area (Å²) in [6.45, 7) is 1.49. The SMILES string of the molecule is O=C(Nc1ccc(S(=O)(=O)N2CCOCC2)cc1)c1noc2c1CCCC2. The Balaban J connectivity index is 1.48. The first-order valence-corrected chi connectivity index (χ1v) is 10.5. The molecule has 0 atom stereocenters.